The summed E-state index contributed by atoms with van der Waals surface area (Å²) in [6.45, 7) is 8.46. The molecule has 0 bridgehead atoms. The Morgan fingerprint density at radius 2 is 1.94 bits per heavy atom. The van der Waals surface area contributed by atoms with E-state index in [2.05, 4.69) is 43.6 Å². The van der Waals surface area contributed by atoms with Crippen LogP contribution in [0.2, 0.25) is 0 Å². The third kappa shape index (κ3) is 3.78. The quantitative estimate of drug-likeness (QED) is 0.858. The second kappa shape index (κ2) is 5.49. The van der Waals surface area contributed by atoms with Gasteiger partial charge in [0, 0.05) is 5.56 Å². The summed E-state index contributed by atoms with van der Waals surface area (Å²) in [6, 6.07) is 5.02. The van der Waals surface area contributed by atoms with Gasteiger partial charge in [0.15, 0.2) is 0 Å². The molecule has 0 saturated heterocycles. The van der Waals surface area contributed by atoms with Crippen LogP contribution < -0.4 is 0 Å². The van der Waals surface area contributed by atoms with Crippen LogP contribution in [0.5, 0.6) is 0 Å². The first kappa shape index (κ1) is 14.7. The largest absolute Gasteiger partial charge is 0.388 e. The number of hydrogen-bond acceptors (Lipinski definition) is 1. The molecular formula is C14H20BrFO. The van der Waals surface area contributed by atoms with E-state index >= 15 is 0 Å². The highest BCUT2D eigenvalue weighted by Gasteiger charge is 2.25. The van der Waals surface area contributed by atoms with Gasteiger partial charge in [0.2, 0.25) is 0 Å². The second-order valence-electron chi connectivity index (χ2n) is 5.66. The molecule has 0 amide bonds. The van der Waals surface area contributed by atoms with Crippen molar-refractivity contribution in [2.45, 2.75) is 40.2 Å². The fourth-order valence-corrected chi connectivity index (χ4v) is 1.97. The van der Waals surface area contributed by atoms with Crippen molar-refractivity contribution < 1.29 is 9.50 Å². The maximum absolute atomic E-state index is 13.8. The fourth-order valence-electron chi connectivity index (χ4n) is 1.59. The standard InChI is InChI=1S/C14H20BrFO/c1-9(14(2,3)4)8-12(17)10-6-5-7-11(15)13(10)16/h5-7,9,12,17H,8H2,1-4H3. The monoisotopic (exact) mass is 302 g/mol. The van der Waals surface area contributed by atoms with Crippen LogP contribution in [-0.4, -0.2) is 5.11 Å². The van der Waals surface area contributed by atoms with Crippen molar-refractivity contribution in [2.24, 2.45) is 11.3 Å². The van der Waals surface area contributed by atoms with E-state index in [-0.39, 0.29) is 11.2 Å². The molecule has 0 aromatic heterocycles. The Balaban J connectivity index is 2.84. The molecule has 1 rings (SSSR count). The molecule has 0 aliphatic carbocycles. The van der Waals surface area contributed by atoms with Crippen LogP contribution in [0.15, 0.2) is 22.7 Å². The van der Waals surface area contributed by atoms with Crippen molar-refractivity contribution in [3.05, 3.63) is 34.1 Å². The molecule has 17 heavy (non-hydrogen) atoms. The molecule has 1 nitrogen and oxygen atoms in total. The molecule has 0 heterocycles. The minimum atomic E-state index is -0.748. The van der Waals surface area contributed by atoms with Gasteiger partial charge in [-0.15, -0.1) is 0 Å². The lowest BCUT2D eigenvalue weighted by Gasteiger charge is -2.29. The predicted octanol–water partition coefficient (Wildman–Crippen LogP) is 4.69. The van der Waals surface area contributed by atoms with Crippen molar-refractivity contribution >= 4 is 15.9 Å². The summed E-state index contributed by atoms with van der Waals surface area (Å²) in [5, 5.41) is 10.1. The van der Waals surface area contributed by atoms with Gasteiger partial charge in [0.25, 0.3) is 0 Å². The molecule has 3 heteroatoms. The van der Waals surface area contributed by atoms with E-state index < -0.39 is 6.10 Å². The summed E-state index contributed by atoms with van der Waals surface area (Å²) < 4.78 is 14.2. The maximum Gasteiger partial charge on any atom is 0.143 e. The fraction of sp³-hybridized carbons (Fsp3) is 0.571. The Morgan fingerprint density at radius 3 is 2.47 bits per heavy atom. The summed E-state index contributed by atoms with van der Waals surface area (Å²) in [5.74, 6) is -0.0445. The Bertz CT molecular complexity index is 384. The number of halogens is 2. The Labute approximate surface area is 111 Å². The van der Waals surface area contributed by atoms with E-state index in [1.165, 1.54) is 0 Å². The molecule has 0 fully saturated rings. The van der Waals surface area contributed by atoms with Gasteiger partial charge in [-0.1, -0.05) is 39.8 Å². The highest BCUT2D eigenvalue weighted by molar-refractivity contribution is 9.10. The molecule has 1 aromatic carbocycles. The van der Waals surface area contributed by atoms with Gasteiger partial charge in [0.1, 0.15) is 5.82 Å². The van der Waals surface area contributed by atoms with Crippen LogP contribution in [0, 0.1) is 17.2 Å². The van der Waals surface area contributed by atoms with Gasteiger partial charge in [-0.3, -0.25) is 0 Å². The molecule has 1 N–H and O–H groups in total. The van der Waals surface area contributed by atoms with Crippen LogP contribution in [-0.2, 0) is 0 Å². The average molecular weight is 303 g/mol. The van der Waals surface area contributed by atoms with E-state index in [4.69, 9.17) is 0 Å². The Kier molecular flexibility index (Phi) is 4.73. The summed E-state index contributed by atoms with van der Waals surface area (Å²) in [5.41, 5.74) is 0.485. The van der Waals surface area contributed by atoms with Gasteiger partial charge in [-0.05, 0) is 39.8 Å². The molecule has 96 valence electrons. The predicted molar refractivity (Wildman–Crippen MR) is 72.3 cm³/mol. The lowest BCUT2D eigenvalue weighted by atomic mass is 9.78. The molecule has 0 aliphatic rings. The van der Waals surface area contributed by atoms with Crippen molar-refractivity contribution in [2.75, 3.05) is 0 Å². The molecule has 0 radical (unpaired) electrons. The van der Waals surface area contributed by atoms with Crippen LogP contribution >= 0.6 is 15.9 Å². The summed E-state index contributed by atoms with van der Waals surface area (Å²) in [7, 11) is 0. The molecule has 0 saturated carbocycles. The van der Waals surface area contributed by atoms with Crippen molar-refractivity contribution in [3.63, 3.8) is 0 Å². The SMILES string of the molecule is CC(CC(O)c1cccc(Br)c1F)C(C)(C)C. The third-order valence-corrected chi connectivity index (χ3v) is 4.01. The van der Waals surface area contributed by atoms with E-state index in [9.17, 15) is 9.50 Å². The Morgan fingerprint density at radius 1 is 1.35 bits per heavy atom. The number of rotatable bonds is 3. The smallest absolute Gasteiger partial charge is 0.143 e. The van der Waals surface area contributed by atoms with E-state index in [1.54, 1.807) is 18.2 Å². The van der Waals surface area contributed by atoms with Gasteiger partial charge in [-0.25, -0.2) is 4.39 Å². The summed E-state index contributed by atoms with van der Waals surface area (Å²) in [4.78, 5) is 0. The molecule has 1 aromatic rings. The first-order chi connectivity index (χ1) is 7.73. The molecule has 2 atom stereocenters. The molecule has 0 spiro atoms. The molecule has 0 aliphatic heterocycles. The van der Waals surface area contributed by atoms with Crippen molar-refractivity contribution in [1.82, 2.24) is 0 Å². The maximum atomic E-state index is 13.8. The zero-order valence-electron chi connectivity index (χ0n) is 10.8. The highest BCUT2D eigenvalue weighted by Crippen LogP contribution is 2.34. The van der Waals surface area contributed by atoms with Crippen LogP contribution in [0.1, 0.15) is 45.8 Å². The average Bonchev–Trinajstić information content (AvgIpc) is 2.20. The zero-order valence-corrected chi connectivity index (χ0v) is 12.4. The lowest BCUT2D eigenvalue weighted by molar-refractivity contribution is 0.108. The normalized spacial score (nSPS) is 15.7. The molecule has 2 unspecified atom stereocenters. The summed E-state index contributed by atoms with van der Waals surface area (Å²) >= 11 is 3.13. The Hall–Kier alpha value is -0.410. The number of hydrogen-bond donors (Lipinski definition) is 1. The van der Waals surface area contributed by atoms with Crippen LogP contribution in [0.3, 0.4) is 0 Å². The van der Waals surface area contributed by atoms with E-state index in [1.807, 2.05) is 0 Å². The van der Waals surface area contributed by atoms with Gasteiger partial charge in [-0.2, -0.15) is 0 Å². The van der Waals surface area contributed by atoms with E-state index in [0.29, 0.717) is 22.4 Å². The van der Waals surface area contributed by atoms with Gasteiger partial charge >= 0.3 is 0 Å². The minimum Gasteiger partial charge on any atom is -0.388 e. The van der Waals surface area contributed by atoms with Gasteiger partial charge in [0.05, 0.1) is 10.6 Å². The first-order valence-electron chi connectivity index (χ1n) is 5.85. The highest BCUT2D eigenvalue weighted by atomic mass is 79.9. The van der Waals surface area contributed by atoms with Crippen molar-refractivity contribution in [3.8, 4) is 0 Å². The number of aliphatic hydroxyl groups excluding tert-OH is 1. The topological polar surface area (TPSA) is 20.2 Å². The summed E-state index contributed by atoms with van der Waals surface area (Å²) in [6.07, 6.45) is -0.182. The third-order valence-electron chi connectivity index (χ3n) is 3.40. The lowest BCUT2D eigenvalue weighted by Crippen LogP contribution is -2.20. The minimum absolute atomic E-state index is 0.115. The van der Waals surface area contributed by atoms with Gasteiger partial charge < -0.3 is 5.11 Å². The van der Waals surface area contributed by atoms with Crippen LogP contribution in [0.25, 0.3) is 0 Å². The van der Waals surface area contributed by atoms with Crippen molar-refractivity contribution in [1.29, 1.82) is 0 Å². The zero-order chi connectivity index (χ0) is 13.2. The van der Waals surface area contributed by atoms with Crippen LogP contribution in [0.4, 0.5) is 4.39 Å². The first-order valence-corrected chi connectivity index (χ1v) is 6.64. The second-order valence-corrected chi connectivity index (χ2v) is 6.52. The molecular weight excluding hydrogens is 283 g/mol. The number of benzene rings is 1. The van der Waals surface area contributed by atoms with E-state index in [0.717, 1.165) is 0 Å². The number of aliphatic hydroxyl groups is 1.